The third-order valence-corrected chi connectivity index (χ3v) is 15.0. The zero-order chi connectivity index (χ0) is 39.6. The molecule has 286 valence electrons. The Morgan fingerprint density at radius 3 is 1.88 bits per heavy atom. The number of thioether (sulfide) groups is 1. The zero-order valence-electron chi connectivity index (χ0n) is 33.7. The number of fused-ring (bicyclic) bond motifs is 11. The van der Waals surface area contributed by atoms with Crippen LogP contribution < -0.4 is 16.0 Å². The van der Waals surface area contributed by atoms with Crippen molar-refractivity contribution in [2.75, 3.05) is 5.32 Å². The molecule has 3 atom stereocenters. The van der Waals surface area contributed by atoms with Crippen molar-refractivity contribution >= 4 is 44.7 Å². The van der Waals surface area contributed by atoms with E-state index in [0.29, 0.717) is 0 Å². The van der Waals surface area contributed by atoms with Crippen molar-refractivity contribution in [2.45, 2.75) is 61.0 Å². The predicted molar refractivity (Wildman–Crippen MR) is 248 cm³/mol. The van der Waals surface area contributed by atoms with E-state index in [0.717, 1.165) is 5.70 Å². The van der Waals surface area contributed by atoms with Crippen LogP contribution >= 0.6 is 11.8 Å². The van der Waals surface area contributed by atoms with Gasteiger partial charge in [-0.3, -0.25) is 5.32 Å². The molecule has 2 heterocycles. The standard InChI is InChI=1S/C55H45N3S/c1-54(2)43-16-10-8-14-39(43)41-25-20-35(29-45(41)54)47-31-48(36-21-26-42-40-15-9-11-17-44(40)55(3,4)46(42)30-36)57-52(56-47)37-22-24-38-34(28-37)19-18-32-23-27-49-51(50(32)38)58-53(59-49)33-12-6-5-7-13-33/h5-31,47,52-53,56-58H,1-4H3. The van der Waals surface area contributed by atoms with E-state index < -0.39 is 0 Å². The van der Waals surface area contributed by atoms with Crippen LogP contribution in [0.1, 0.15) is 89.8 Å². The third-order valence-electron chi connectivity index (χ3n) is 13.8. The molecule has 4 heteroatoms. The average Bonchev–Trinajstić information content (AvgIpc) is 3.89. The van der Waals surface area contributed by atoms with Gasteiger partial charge in [-0.25, -0.2) is 0 Å². The van der Waals surface area contributed by atoms with Crippen LogP contribution in [0.2, 0.25) is 0 Å². The van der Waals surface area contributed by atoms with Crippen molar-refractivity contribution in [2.24, 2.45) is 0 Å². The van der Waals surface area contributed by atoms with Gasteiger partial charge >= 0.3 is 0 Å². The first-order chi connectivity index (χ1) is 28.7. The molecule has 3 N–H and O–H groups in total. The highest BCUT2D eigenvalue weighted by atomic mass is 32.2. The summed E-state index contributed by atoms with van der Waals surface area (Å²) in [6, 6.07) is 59.1. The maximum atomic E-state index is 4.07. The second-order valence-electron chi connectivity index (χ2n) is 17.8. The average molecular weight is 780 g/mol. The molecule has 0 saturated heterocycles. The van der Waals surface area contributed by atoms with Crippen molar-refractivity contribution in [3.8, 4) is 22.3 Å². The van der Waals surface area contributed by atoms with E-state index in [9.17, 15) is 0 Å². The van der Waals surface area contributed by atoms with Gasteiger partial charge in [-0.2, -0.15) is 0 Å². The minimum absolute atomic E-state index is 0.00811. The van der Waals surface area contributed by atoms with E-state index in [1.807, 2.05) is 11.8 Å². The second kappa shape index (κ2) is 12.7. The molecular formula is C55H45N3S. The number of rotatable bonds is 4. The summed E-state index contributed by atoms with van der Waals surface area (Å²) >= 11 is 1.90. The summed E-state index contributed by atoms with van der Waals surface area (Å²) in [5.74, 6) is 0. The summed E-state index contributed by atoms with van der Waals surface area (Å²) in [5, 5.41) is 17.2. The Morgan fingerprint density at radius 2 is 1.12 bits per heavy atom. The fourth-order valence-corrected chi connectivity index (χ4v) is 11.8. The first-order valence-corrected chi connectivity index (χ1v) is 21.8. The lowest BCUT2D eigenvalue weighted by Crippen LogP contribution is -2.39. The van der Waals surface area contributed by atoms with Crippen LogP contribution in [0.4, 0.5) is 5.69 Å². The summed E-state index contributed by atoms with van der Waals surface area (Å²) in [6.07, 6.45) is 2.30. The van der Waals surface area contributed by atoms with E-state index >= 15 is 0 Å². The van der Waals surface area contributed by atoms with Gasteiger partial charge in [0.25, 0.3) is 0 Å². The lowest BCUT2D eigenvalue weighted by Gasteiger charge is -2.34. The van der Waals surface area contributed by atoms with Gasteiger partial charge in [0.05, 0.1) is 11.7 Å². The van der Waals surface area contributed by atoms with E-state index in [4.69, 9.17) is 0 Å². The lowest BCUT2D eigenvalue weighted by molar-refractivity contribution is 0.442. The Labute approximate surface area is 350 Å². The molecule has 59 heavy (non-hydrogen) atoms. The molecule has 0 fully saturated rings. The number of anilines is 1. The van der Waals surface area contributed by atoms with Crippen molar-refractivity contribution in [3.63, 3.8) is 0 Å². The third kappa shape index (κ3) is 5.26. The molecule has 12 rings (SSSR count). The summed E-state index contributed by atoms with van der Waals surface area (Å²) in [7, 11) is 0. The van der Waals surface area contributed by atoms with Crippen molar-refractivity contribution < 1.29 is 0 Å². The number of benzene rings is 8. The summed E-state index contributed by atoms with van der Waals surface area (Å²) in [4.78, 5) is 1.30. The van der Waals surface area contributed by atoms with Crippen molar-refractivity contribution in [1.82, 2.24) is 10.6 Å². The highest BCUT2D eigenvalue weighted by Crippen LogP contribution is 2.53. The molecule has 4 aliphatic rings. The summed E-state index contributed by atoms with van der Waals surface area (Å²) in [5.41, 5.74) is 18.2. The van der Waals surface area contributed by atoms with Gasteiger partial charge in [-0.1, -0.05) is 179 Å². The largest absolute Gasteiger partial charge is 0.368 e. The Balaban J connectivity index is 0.956. The van der Waals surface area contributed by atoms with Gasteiger partial charge in [0.15, 0.2) is 0 Å². The van der Waals surface area contributed by atoms with Crippen LogP contribution in [-0.4, -0.2) is 0 Å². The SMILES string of the molecule is CC1(C)c2ccccc2-c2ccc(C3=CC(c4ccc5c(c4)C(C)(C)c4ccccc4-5)NC(c4ccc5c(ccc6ccc7c(c65)NC(c5ccccc5)S7)c4)N3)cc21. The highest BCUT2D eigenvalue weighted by Gasteiger charge is 2.38. The minimum atomic E-state index is -0.116. The molecule has 0 radical (unpaired) electrons. The molecule has 2 aliphatic heterocycles. The molecule has 8 aromatic rings. The molecule has 3 unspecified atom stereocenters. The van der Waals surface area contributed by atoms with Gasteiger partial charge < -0.3 is 10.6 Å². The first-order valence-electron chi connectivity index (χ1n) is 20.9. The van der Waals surface area contributed by atoms with Crippen LogP contribution in [0, 0.1) is 0 Å². The number of nitrogens with one attached hydrogen (secondary N) is 3. The fourth-order valence-electron chi connectivity index (χ4n) is 10.6. The van der Waals surface area contributed by atoms with Crippen LogP contribution in [0.5, 0.6) is 0 Å². The Morgan fingerprint density at radius 1 is 0.492 bits per heavy atom. The molecule has 0 bridgehead atoms. The lowest BCUT2D eigenvalue weighted by atomic mass is 9.81. The Bertz CT molecular complexity index is 3090. The maximum Gasteiger partial charge on any atom is 0.104 e. The molecule has 2 aliphatic carbocycles. The van der Waals surface area contributed by atoms with Gasteiger partial charge in [0, 0.05) is 26.8 Å². The molecule has 0 saturated carbocycles. The molecule has 8 aromatic carbocycles. The van der Waals surface area contributed by atoms with E-state index in [-0.39, 0.29) is 28.4 Å². The second-order valence-corrected chi connectivity index (χ2v) is 19.0. The molecular weight excluding hydrogens is 735 g/mol. The maximum absolute atomic E-state index is 4.07. The van der Waals surface area contributed by atoms with Gasteiger partial charge in [-0.15, -0.1) is 0 Å². The van der Waals surface area contributed by atoms with E-state index in [1.165, 1.54) is 98.9 Å². The number of hydrogen-bond acceptors (Lipinski definition) is 4. The molecule has 0 aromatic heterocycles. The summed E-state index contributed by atoms with van der Waals surface area (Å²) < 4.78 is 0. The zero-order valence-corrected chi connectivity index (χ0v) is 34.5. The van der Waals surface area contributed by atoms with Gasteiger partial charge in [-0.05, 0) is 107 Å². The molecule has 0 spiro atoms. The first kappa shape index (κ1) is 34.9. The number of hydrogen-bond donors (Lipinski definition) is 3. The van der Waals surface area contributed by atoms with Gasteiger partial charge in [0.2, 0.25) is 0 Å². The fraction of sp³-hybridized carbons (Fsp3) is 0.164. The van der Waals surface area contributed by atoms with Crippen LogP contribution in [0.15, 0.2) is 169 Å². The van der Waals surface area contributed by atoms with Crippen LogP contribution in [0.3, 0.4) is 0 Å². The van der Waals surface area contributed by atoms with E-state index in [1.54, 1.807) is 0 Å². The van der Waals surface area contributed by atoms with Crippen LogP contribution in [-0.2, 0) is 10.8 Å². The Kier molecular flexibility index (Phi) is 7.53. The monoisotopic (exact) mass is 779 g/mol. The van der Waals surface area contributed by atoms with Crippen molar-refractivity contribution in [3.05, 3.63) is 208 Å². The van der Waals surface area contributed by atoms with Crippen molar-refractivity contribution in [1.29, 1.82) is 0 Å². The molecule has 0 amide bonds. The van der Waals surface area contributed by atoms with Gasteiger partial charge in [0.1, 0.15) is 11.5 Å². The summed E-state index contributed by atoms with van der Waals surface area (Å²) in [6.45, 7) is 9.48. The van der Waals surface area contributed by atoms with E-state index in [2.05, 4.69) is 207 Å². The minimum Gasteiger partial charge on any atom is -0.368 e. The normalized spacial score (nSPS) is 20.2. The predicted octanol–water partition coefficient (Wildman–Crippen LogP) is 13.8. The smallest absolute Gasteiger partial charge is 0.104 e. The molecule has 3 nitrogen and oxygen atoms in total. The Hall–Kier alpha value is -6.07. The highest BCUT2D eigenvalue weighted by molar-refractivity contribution is 8.00. The topological polar surface area (TPSA) is 36.1 Å². The quantitative estimate of drug-likeness (QED) is 0.156. The van der Waals surface area contributed by atoms with Crippen LogP contribution in [0.25, 0.3) is 49.5 Å².